The van der Waals surface area contributed by atoms with Crippen LogP contribution in [0.4, 0.5) is 13.2 Å². The molecule has 0 aromatic carbocycles. The zero-order valence-corrected chi connectivity index (χ0v) is 13.7. The molecule has 0 aliphatic heterocycles. The normalized spacial score (nSPS) is 25.3. The van der Waals surface area contributed by atoms with Crippen LogP contribution in [0.15, 0.2) is 5.16 Å². The molecule has 3 atom stereocenters. The van der Waals surface area contributed by atoms with Crippen molar-refractivity contribution in [3.63, 3.8) is 0 Å². The van der Waals surface area contributed by atoms with Crippen molar-refractivity contribution in [3.8, 4) is 0 Å². The lowest BCUT2D eigenvalue weighted by molar-refractivity contribution is -0.146. The monoisotopic (exact) mass is 351 g/mol. The minimum Gasteiger partial charge on any atom is -0.352 e. The summed E-state index contributed by atoms with van der Waals surface area (Å²) >= 11 is 0.835. The second-order valence-corrected chi connectivity index (χ2v) is 6.85. The number of carbonyl (C=O) groups excluding carboxylic acids is 1. The third-order valence-corrected chi connectivity index (χ3v) is 5.25. The lowest BCUT2D eigenvalue weighted by atomic mass is 9.78. The maximum absolute atomic E-state index is 12.6. The molecule has 1 heterocycles. The summed E-state index contributed by atoms with van der Waals surface area (Å²) in [5, 5.41) is 9.20. The molecular formula is C13H20F3N5OS. The minimum absolute atomic E-state index is 0.0508. The molecule has 1 fully saturated rings. The number of nitrogens with zero attached hydrogens (tertiary/aromatic N) is 3. The van der Waals surface area contributed by atoms with Gasteiger partial charge in [0.05, 0.1) is 5.75 Å². The van der Waals surface area contributed by atoms with Crippen LogP contribution in [0.25, 0.3) is 0 Å². The fourth-order valence-electron chi connectivity index (χ4n) is 2.73. The van der Waals surface area contributed by atoms with Crippen molar-refractivity contribution < 1.29 is 18.0 Å². The summed E-state index contributed by atoms with van der Waals surface area (Å²) in [4.78, 5) is 12.0. The van der Waals surface area contributed by atoms with Gasteiger partial charge in [-0.2, -0.15) is 13.2 Å². The molecule has 1 saturated carbocycles. The van der Waals surface area contributed by atoms with Gasteiger partial charge in [-0.3, -0.25) is 4.79 Å². The first kappa shape index (κ1) is 17.9. The zero-order valence-electron chi connectivity index (χ0n) is 12.9. The number of aromatic nitrogens is 3. The second-order valence-electron chi connectivity index (χ2n) is 5.90. The van der Waals surface area contributed by atoms with Crippen LogP contribution in [0.2, 0.25) is 0 Å². The van der Waals surface area contributed by atoms with Crippen molar-refractivity contribution in [2.45, 2.75) is 50.5 Å². The van der Waals surface area contributed by atoms with Crippen LogP contribution < -0.4 is 11.2 Å². The number of thioether (sulfide) groups is 1. The third-order valence-electron chi connectivity index (χ3n) is 4.30. The largest absolute Gasteiger partial charge is 0.453 e. The minimum atomic E-state index is -4.67. The Morgan fingerprint density at radius 2 is 2.09 bits per heavy atom. The molecule has 1 aliphatic carbocycles. The van der Waals surface area contributed by atoms with E-state index in [-0.39, 0.29) is 22.9 Å². The fraction of sp³-hybridized carbons (Fsp3) is 0.769. The number of halogens is 3. The molecule has 0 saturated heterocycles. The Morgan fingerprint density at radius 1 is 1.39 bits per heavy atom. The predicted octanol–water partition coefficient (Wildman–Crippen LogP) is 2.04. The van der Waals surface area contributed by atoms with Gasteiger partial charge >= 0.3 is 6.18 Å². The molecule has 23 heavy (non-hydrogen) atoms. The summed E-state index contributed by atoms with van der Waals surface area (Å²) in [5.41, 5.74) is 0. The van der Waals surface area contributed by atoms with E-state index in [1.165, 1.54) is 0 Å². The number of carbonyl (C=O) groups is 1. The first-order valence-electron chi connectivity index (χ1n) is 7.40. The van der Waals surface area contributed by atoms with Crippen LogP contribution in [-0.2, 0) is 11.0 Å². The van der Waals surface area contributed by atoms with E-state index in [4.69, 9.17) is 5.84 Å². The Kier molecular flexibility index (Phi) is 5.43. The van der Waals surface area contributed by atoms with E-state index in [9.17, 15) is 18.0 Å². The van der Waals surface area contributed by atoms with Crippen LogP contribution in [0, 0.1) is 11.8 Å². The number of amides is 1. The van der Waals surface area contributed by atoms with Crippen LogP contribution in [0.5, 0.6) is 0 Å². The van der Waals surface area contributed by atoms with Crippen molar-refractivity contribution in [1.82, 2.24) is 20.2 Å². The van der Waals surface area contributed by atoms with Gasteiger partial charge in [0.15, 0.2) is 0 Å². The molecule has 0 spiro atoms. The summed E-state index contributed by atoms with van der Waals surface area (Å²) in [6, 6.07) is 0.105. The maximum Gasteiger partial charge on any atom is 0.453 e. The smallest absolute Gasteiger partial charge is 0.352 e. The van der Waals surface area contributed by atoms with E-state index < -0.39 is 12.0 Å². The number of nitrogens with one attached hydrogen (secondary N) is 1. The molecule has 1 aromatic rings. The summed E-state index contributed by atoms with van der Waals surface area (Å²) in [6.45, 7) is 4.27. The number of hydrogen-bond acceptors (Lipinski definition) is 5. The highest BCUT2D eigenvalue weighted by atomic mass is 32.2. The number of nitrogens with two attached hydrogens (primary N) is 1. The van der Waals surface area contributed by atoms with Gasteiger partial charge in [0.1, 0.15) is 0 Å². The lowest BCUT2D eigenvalue weighted by Gasteiger charge is -2.34. The van der Waals surface area contributed by atoms with Gasteiger partial charge < -0.3 is 11.2 Å². The van der Waals surface area contributed by atoms with Crippen molar-refractivity contribution in [1.29, 1.82) is 0 Å². The van der Waals surface area contributed by atoms with Crippen molar-refractivity contribution in [2.75, 3.05) is 11.6 Å². The average molecular weight is 351 g/mol. The van der Waals surface area contributed by atoms with E-state index in [1.807, 2.05) is 0 Å². The Balaban J connectivity index is 1.89. The predicted molar refractivity (Wildman–Crippen MR) is 80.0 cm³/mol. The summed E-state index contributed by atoms with van der Waals surface area (Å²) in [5.74, 6) is 4.67. The van der Waals surface area contributed by atoms with Gasteiger partial charge in [-0.1, -0.05) is 38.5 Å². The molecule has 1 aromatic heterocycles. The number of rotatable bonds is 4. The van der Waals surface area contributed by atoms with Gasteiger partial charge in [-0.25, -0.2) is 4.68 Å². The van der Waals surface area contributed by atoms with Gasteiger partial charge in [0.25, 0.3) is 5.82 Å². The van der Waals surface area contributed by atoms with E-state index in [2.05, 4.69) is 29.4 Å². The van der Waals surface area contributed by atoms with Gasteiger partial charge in [-0.15, -0.1) is 10.2 Å². The van der Waals surface area contributed by atoms with Gasteiger partial charge in [0.2, 0.25) is 11.1 Å². The topological polar surface area (TPSA) is 85.8 Å². The molecule has 3 N–H and O–H groups in total. The highest BCUT2D eigenvalue weighted by molar-refractivity contribution is 7.99. The molecule has 10 heteroatoms. The molecule has 0 unspecified atom stereocenters. The van der Waals surface area contributed by atoms with Crippen LogP contribution in [0.1, 0.15) is 38.9 Å². The van der Waals surface area contributed by atoms with Crippen LogP contribution >= 0.6 is 11.8 Å². The maximum atomic E-state index is 12.6. The lowest BCUT2D eigenvalue weighted by Crippen LogP contribution is -2.44. The Hall–Kier alpha value is -1.45. The highest BCUT2D eigenvalue weighted by Crippen LogP contribution is 2.30. The standard InChI is InChI=1S/C13H20F3N5OS/c1-7-4-3-5-9(8(7)2)18-10(22)6-23-12-20-19-11(21(12)17)13(14,15)16/h7-9H,3-6,17H2,1-2H3,(H,18,22)/t7-,8+,9-/m0/s1. The van der Waals surface area contributed by atoms with Crippen molar-refractivity contribution >= 4 is 17.7 Å². The van der Waals surface area contributed by atoms with E-state index >= 15 is 0 Å². The zero-order chi connectivity index (χ0) is 17.2. The average Bonchev–Trinajstić information content (AvgIpc) is 2.83. The molecule has 130 valence electrons. The van der Waals surface area contributed by atoms with E-state index in [0.717, 1.165) is 31.0 Å². The van der Waals surface area contributed by atoms with Gasteiger partial charge in [-0.05, 0) is 18.3 Å². The molecular weight excluding hydrogens is 331 g/mol. The van der Waals surface area contributed by atoms with Crippen LogP contribution in [0.3, 0.4) is 0 Å². The van der Waals surface area contributed by atoms with E-state index in [1.54, 1.807) is 0 Å². The van der Waals surface area contributed by atoms with E-state index in [0.29, 0.717) is 16.5 Å². The summed E-state index contributed by atoms with van der Waals surface area (Å²) < 4.78 is 38.0. The third kappa shape index (κ3) is 4.30. The molecule has 2 rings (SSSR count). The number of nitrogen functional groups attached to an aromatic ring is 1. The summed E-state index contributed by atoms with van der Waals surface area (Å²) in [6.07, 6.45) is -1.53. The first-order valence-corrected chi connectivity index (χ1v) is 8.38. The molecule has 0 bridgehead atoms. The SMILES string of the molecule is C[C@H]1[C@@H](NC(=O)CSc2nnc(C(F)(F)F)n2N)CCC[C@@H]1C. The first-order chi connectivity index (χ1) is 10.7. The fourth-order valence-corrected chi connectivity index (χ4v) is 3.40. The highest BCUT2D eigenvalue weighted by Gasteiger charge is 2.38. The van der Waals surface area contributed by atoms with Gasteiger partial charge in [0, 0.05) is 6.04 Å². The molecule has 0 radical (unpaired) electrons. The molecule has 1 amide bonds. The van der Waals surface area contributed by atoms with Crippen molar-refractivity contribution in [2.24, 2.45) is 11.8 Å². The van der Waals surface area contributed by atoms with Crippen molar-refractivity contribution in [3.05, 3.63) is 5.82 Å². The second kappa shape index (κ2) is 6.98. The number of alkyl halides is 3. The molecule has 1 aliphatic rings. The quantitative estimate of drug-likeness (QED) is 0.640. The van der Waals surface area contributed by atoms with Crippen LogP contribution in [-0.4, -0.2) is 32.6 Å². The Labute approximate surface area is 136 Å². The number of hydrogen-bond donors (Lipinski definition) is 2. The molecule has 6 nitrogen and oxygen atoms in total. The summed E-state index contributed by atoms with van der Waals surface area (Å²) in [7, 11) is 0. The Bertz CT molecular complexity index is 562. The Morgan fingerprint density at radius 3 is 2.70 bits per heavy atom.